The Morgan fingerprint density at radius 3 is 2.38 bits per heavy atom. The second-order valence-electron chi connectivity index (χ2n) is 6.60. The standard InChI is InChI=1S/C23H27NO5/c1-16(2)5-12-20-21(28-4)13-8-18(9-14-22(25)24-26)23(20)29-15-17-6-10-19(27-3)11-7-17/h5-11,13-14,26H,12,15H2,1-4H3,(H,24,25). The number of methoxy groups -OCH3 is 2. The number of hydrogen-bond donors (Lipinski definition) is 2. The summed E-state index contributed by atoms with van der Waals surface area (Å²) >= 11 is 0. The van der Waals surface area contributed by atoms with E-state index >= 15 is 0 Å². The Labute approximate surface area is 171 Å². The number of nitrogens with one attached hydrogen (secondary N) is 1. The molecule has 6 nitrogen and oxygen atoms in total. The summed E-state index contributed by atoms with van der Waals surface area (Å²) < 4.78 is 16.9. The van der Waals surface area contributed by atoms with Gasteiger partial charge < -0.3 is 14.2 Å². The van der Waals surface area contributed by atoms with Crippen molar-refractivity contribution in [3.63, 3.8) is 0 Å². The van der Waals surface area contributed by atoms with Crippen molar-refractivity contribution in [3.05, 3.63) is 70.8 Å². The van der Waals surface area contributed by atoms with Gasteiger partial charge in [0.25, 0.3) is 5.91 Å². The van der Waals surface area contributed by atoms with Crippen molar-refractivity contribution in [2.75, 3.05) is 14.2 Å². The number of rotatable bonds is 9. The normalized spacial score (nSPS) is 10.5. The first kappa shape index (κ1) is 22.0. The van der Waals surface area contributed by atoms with E-state index in [9.17, 15) is 4.79 Å². The maximum Gasteiger partial charge on any atom is 0.267 e. The summed E-state index contributed by atoms with van der Waals surface area (Å²) in [6.07, 6.45) is 5.55. The zero-order valence-electron chi connectivity index (χ0n) is 17.2. The minimum atomic E-state index is -0.618. The number of benzene rings is 2. The topological polar surface area (TPSA) is 77.0 Å². The fourth-order valence-electron chi connectivity index (χ4n) is 2.70. The lowest BCUT2D eigenvalue weighted by molar-refractivity contribution is -0.124. The zero-order valence-corrected chi connectivity index (χ0v) is 17.2. The van der Waals surface area contributed by atoms with E-state index < -0.39 is 5.91 Å². The largest absolute Gasteiger partial charge is 0.497 e. The summed E-state index contributed by atoms with van der Waals surface area (Å²) in [7, 11) is 3.24. The van der Waals surface area contributed by atoms with E-state index in [-0.39, 0.29) is 0 Å². The quantitative estimate of drug-likeness (QED) is 0.285. The second-order valence-corrected chi connectivity index (χ2v) is 6.60. The van der Waals surface area contributed by atoms with Crippen LogP contribution in [0.5, 0.6) is 17.2 Å². The van der Waals surface area contributed by atoms with Crippen LogP contribution in [0.1, 0.15) is 30.5 Å². The predicted octanol–water partition coefficient (Wildman–Crippen LogP) is 4.31. The average Bonchev–Trinajstić information content (AvgIpc) is 2.74. The highest BCUT2D eigenvalue weighted by Gasteiger charge is 2.14. The molecule has 2 aromatic rings. The van der Waals surface area contributed by atoms with Gasteiger partial charge >= 0.3 is 0 Å². The second kappa shape index (κ2) is 10.9. The maximum absolute atomic E-state index is 11.4. The van der Waals surface area contributed by atoms with E-state index in [0.717, 1.165) is 16.9 Å². The molecule has 0 unspecified atom stereocenters. The molecule has 0 bridgehead atoms. The highest BCUT2D eigenvalue weighted by atomic mass is 16.5. The maximum atomic E-state index is 11.4. The van der Waals surface area contributed by atoms with Crippen LogP contribution in [-0.4, -0.2) is 25.3 Å². The van der Waals surface area contributed by atoms with Gasteiger partial charge in [-0.25, -0.2) is 5.48 Å². The van der Waals surface area contributed by atoms with E-state index in [0.29, 0.717) is 30.1 Å². The lowest BCUT2D eigenvalue weighted by Crippen LogP contribution is -2.14. The molecular formula is C23H27NO5. The van der Waals surface area contributed by atoms with E-state index in [1.807, 2.05) is 50.2 Å². The molecule has 0 aliphatic rings. The number of carbonyl (C=O) groups excluding carboxylic acids is 1. The number of hydroxylamine groups is 1. The molecule has 2 rings (SSSR count). The SMILES string of the molecule is COc1ccc(COc2c(C=CC(=O)NO)ccc(OC)c2CC=C(C)C)cc1. The van der Waals surface area contributed by atoms with Crippen molar-refractivity contribution < 1.29 is 24.2 Å². The Morgan fingerprint density at radius 2 is 1.79 bits per heavy atom. The van der Waals surface area contributed by atoms with Gasteiger partial charge in [0.05, 0.1) is 14.2 Å². The molecule has 1 amide bonds. The van der Waals surface area contributed by atoms with Gasteiger partial charge in [0.15, 0.2) is 0 Å². The number of ether oxygens (including phenoxy) is 3. The lowest BCUT2D eigenvalue weighted by atomic mass is 10.0. The molecule has 0 aliphatic carbocycles. The number of hydrogen-bond acceptors (Lipinski definition) is 5. The monoisotopic (exact) mass is 397 g/mol. The third-order valence-electron chi connectivity index (χ3n) is 4.25. The van der Waals surface area contributed by atoms with Gasteiger partial charge in [-0.2, -0.15) is 0 Å². The number of carbonyl (C=O) groups is 1. The molecule has 154 valence electrons. The molecule has 0 heterocycles. The highest BCUT2D eigenvalue weighted by Crippen LogP contribution is 2.35. The van der Waals surface area contributed by atoms with Gasteiger partial charge in [-0.05, 0) is 56.2 Å². The first-order valence-electron chi connectivity index (χ1n) is 9.19. The summed E-state index contributed by atoms with van der Waals surface area (Å²) in [4.78, 5) is 11.4. The molecule has 0 saturated carbocycles. The predicted molar refractivity (Wildman–Crippen MR) is 112 cm³/mol. The molecule has 0 aromatic heterocycles. The minimum Gasteiger partial charge on any atom is -0.497 e. The van der Waals surface area contributed by atoms with Gasteiger partial charge in [-0.3, -0.25) is 10.0 Å². The van der Waals surface area contributed by atoms with Crippen LogP contribution >= 0.6 is 0 Å². The Kier molecular flexibility index (Phi) is 8.30. The van der Waals surface area contributed by atoms with Gasteiger partial charge in [0.1, 0.15) is 23.9 Å². The van der Waals surface area contributed by atoms with Crippen LogP contribution in [0.2, 0.25) is 0 Å². The summed E-state index contributed by atoms with van der Waals surface area (Å²) in [5, 5.41) is 8.74. The third kappa shape index (κ3) is 6.40. The molecule has 0 radical (unpaired) electrons. The molecule has 0 aliphatic heterocycles. The van der Waals surface area contributed by atoms with Gasteiger partial charge in [0, 0.05) is 17.2 Å². The molecule has 0 spiro atoms. The van der Waals surface area contributed by atoms with Gasteiger partial charge in [-0.15, -0.1) is 0 Å². The van der Waals surface area contributed by atoms with Crippen LogP contribution in [0.25, 0.3) is 6.08 Å². The molecule has 6 heteroatoms. The van der Waals surface area contributed by atoms with E-state index in [4.69, 9.17) is 19.4 Å². The van der Waals surface area contributed by atoms with Gasteiger partial charge in [0.2, 0.25) is 0 Å². The van der Waals surface area contributed by atoms with E-state index in [2.05, 4.69) is 6.08 Å². The number of allylic oxidation sites excluding steroid dienone is 2. The Morgan fingerprint density at radius 1 is 1.07 bits per heavy atom. The first-order valence-corrected chi connectivity index (χ1v) is 9.19. The van der Waals surface area contributed by atoms with Crippen LogP contribution in [-0.2, 0) is 17.8 Å². The summed E-state index contributed by atoms with van der Waals surface area (Å²) in [5.41, 5.74) is 5.33. The van der Waals surface area contributed by atoms with Crippen LogP contribution in [0, 0.1) is 0 Å². The van der Waals surface area contributed by atoms with Crippen LogP contribution < -0.4 is 19.7 Å². The molecular weight excluding hydrogens is 370 g/mol. The van der Waals surface area contributed by atoms with Gasteiger partial charge in [-0.1, -0.05) is 23.8 Å². The van der Waals surface area contributed by atoms with Crippen molar-refractivity contribution >= 4 is 12.0 Å². The fraction of sp³-hybridized carbons (Fsp3) is 0.261. The Hall–Kier alpha value is -3.25. The molecule has 0 saturated heterocycles. The molecule has 0 fully saturated rings. The van der Waals surface area contributed by atoms with Crippen molar-refractivity contribution in [3.8, 4) is 17.2 Å². The van der Waals surface area contributed by atoms with E-state index in [1.165, 1.54) is 11.6 Å². The van der Waals surface area contributed by atoms with Crippen molar-refractivity contribution in [2.24, 2.45) is 0 Å². The molecule has 2 aromatic carbocycles. The average molecular weight is 397 g/mol. The Bertz CT molecular complexity index is 881. The number of amides is 1. The van der Waals surface area contributed by atoms with Crippen LogP contribution in [0.3, 0.4) is 0 Å². The Balaban J connectivity index is 2.42. The molecule has 2 N–H and O–H groups in total. The molecule has 0 atom stereocenters. The van der Waals surface area contributed by atoms with Crippen molar-refractivity contribution in [1.82, 2.24) is 5.48 Å². The van der Waals surface area contributed by atoms with E-state index in [1.54, 1.807) is 25.8 Å². The van der Waals surface area contributed by atoms with Crippen molar-refractivity contribution in [2.45, 2.75) is 26.9 Å². The smallest absolute Gasteiger partial charge is 0.267 e. The first-order chi connectivity index (χ1) is 14.0. The fourth-order valence-corrected chi connectivity index (χ4v) is 2.70. The lowest BCUT2D eigenvalue weighted by Gasteiger charge is -2.17. The highest BCUT2D eigenvalue weighted by molar-refractivity contribution is 5.91. The molecule has 29 heavy (non-hydrogen) atoms. The van der Waals surface area contributed by atoms with Crippen LogP contribution in [0.15, 0.2) is 54.1 Å². The zero-order chi connectivity index (χ0) is 21.2. The summed E-state index contributed by atoms with van der Waals surface area (Å²) in [6.45, 7) is 4.39. The van der Waals surface area contributed by atoms with Crippen molar-refractivity contribution in [1.29, 1.82) is 0 Å². The summed E-state index contributed by atoms with van der Waals surface area (Å²) in [6, 6.07) is 11.3. The summed E-state index contributed by atoms with van der Waals surface area (Å²) in [5.74, 6) is 1.49. The third-order valence-corrected chi connectivity index (χ3v) is 4.25. The minimum absolute atomic E-state index is 0.339. The van der Waals surface area contributed by atoms with Crippen LogP contribution in [0.4, 0.5) is 0 Å².